The van der Waals surface area contributed by atoms with Crippen molar-refractivity contribution in [3.05, 3.63) is 12.3 Å². The van der Waals surface area contributed by atoms with Crippen molar-refractivity contribution in [3.63, 3.8) is 0 Å². The SMILES string of the molecule is C=C(C(=O)N(C)C[C@H](O)[C@@H](O)[C@H](O)[C@H](O)CO)N1CCN(CC(=O)O)CCN(CC(=O)O)CCN(CC(=O)O)CC1. The van der Waals surface area contributed by atoms with Gasteiger partial charge in [0.1, 0.15) is 24.4 Å². The molecule has 1 rings (SSSR count). The fraction of sp³-hybridized carbons (Fsp3) is 0.750. The zero-order valence-electron chi connectivity index (χ0n) is 23.2. The highest BCUT2D eigenvalue weighted by molar-refractivity contribution is 5.92. The van der Waals surface area contributed by atoms with E-state index in [9.17, 15) is 54.9 Å². The predicted octanol–water partition coefficient (Wildman–Crippen LogP) is -5.13. The first-order valence-corrected chi connectivity index (χ1v) is 13.0. The van der Waals surface area contributed by atoms with E-state index in [2.05, 4.69) is 6.58 Å². The molecule has 1 aliphatic heterocycles. The van der Waals surface area contributed by atoms with E-state index in [1.54, 1.807) is 19.6 Å². The number of amides is 1. The molecule has 17 heteroatoms. The Morgan fingerprint density at radius 1 is 0.683 bits per heavy atom. The smallest absolute Gasteiger partial charge is 0.317 e. The molecule has 0 bridgehead atoms. The quantitative estimate of drug-likeness (QED) is 0.0877. The lowest BCUT2D eigenvalue weighted by atomic mass is 10.0. The molecule has 1 aliphatic rings. The Hall–Kier alpha value is -2.90. The Labute approximate surface area is 237 Å². The molecule has 4 atom stereocenters. The summed E-state index contributed by atoms with van der Waals surface area (Å²) in [5, 5.41) is 76.5. The number of hydrogen-bond acceptors (Lipinski definition) is 13. The Morgan fingerprint density at radius 3 is 1.37 bits per heavy atom. The summed E-state index contributed by atoms with van der Waals surface area (Å²) in [6.07, 6.45) is -7.15. The van der Waals surface area contributed by atoms with Gasteiger partial charge in [0.25, 0.3) is 5.91 Å². The summed E-state index contributed by atoms with van der Waals surface area (Å²) in [6.45, 7) is 2.84. The van der Waals surface area contributed by atoms with Crippen molar-refractivity contribution in [2.45, 2.75) is 24.4 Å². The number of likely N-dealkylation sites (N-methyl/N-ethyl adjacent to an activating group) is 1. The van der Waals surface area contributed by atoms with Gasteiger partial charge in [-0.3, -0.25) is 33.9 Å². The van der Waals surface area contributed by atoms with Crippen LogP contribution in [0.25, 0.3) is 0 Å². The highest BCUT2D eigenvalue weighted by Gasteiger charge is 2.32. The van der Waals surface area contributed by atoms with E-state index in [4.69, 9.17) is 5.11 Å². The summed E-state index contributed by atoms with van der Waals surface area (Å²) in [4.78, 5) is 54.7. The zero-order chi connectivity index (χ0) is 31.3. The van der Waals surface area contributed by atoms with Crippen molar-refractivity contribution < 1.29 is 60.0 Å². The molecular weight excluding hydrogens is 550 g/mol. The largest absolute Gasteiger partial charge is 0.480 e. The molecule has 1 heterocycles. The van der Waals surface area contributed by atoms with Crippen LogP contribution in [0.1, 0.15) is 0 Å². The standard InChI is InChI=1S/C24H43N5O12/c1-16(24(41)25(2)11-17(31)22(39)23(40)18(32)15-30)29-9-7-27(13-20(35)36)5-3-26(12-19(33)34)4-6-28(8-10-29)14-21(37)38/h17-18,22-23,30-32,39-40H,1,3-15H2,2H3,(H,33,34)(H,35,36)(H,37,38)/t17-,18+,22+,23+/m0/s1. The van der Waals surface area contributed by atoms with Crippen molar-refractivity contribution in [3.8, 4) is 0 Å². The zero-order valence-corrected chi connectivity index (χ0v) is 23.2. The van der Waals surface area contributed by atoms with Crippen LogP contribution >= 0.6 is 0 Å². The molecule has 0 spiro atoms. The van der Waals surface area contributed by atoms with Gasteiger partial charge in [-0.25, -0.2) is 0 Å². The third-order valence-corrected chi connectivity index (χ3v) is 6.68. The van der Waals surface area contributed by atoms with Gasteiger partial charge in [-0.2, -0.15) is 0 Å². The highest BCUT2D eigenvalue weighted by atomic mass is 16.4. The molecule has 0 aromatic carbocycles. The Bertz CT molecular complexity index is 861. The van der Waals surface area contributed by atoms with Crippen LogP contribution in [0.3, 0.4) is 0 Å². The lowest BCUT2D eigenvalue weighted by molar-refractivity contribution is -0.140. The number of rotatable bonds is 14. The normalized spacial score (nSPS) is 19.7. The van der Waals surface area contributed by atoms with Crippen molar-refractivity contribution in [2.75, 3.05) is 92.2 Å². The maximum absolute atomic E-state index is 13.2. The summed E-state index contributed by atoms with van der Waals surface area (Å²) >= 11 is 0. The monoisotopic (exact) mass is 593 g/mol. The predicted molar refractivity (Wildman–Crippen MR) is 142 cm³/mol. The molecule has 0 unspecified atom stereocenters. The number of aliphatic hydroxyl groups is 5. The van der Waals surface area contributed by atoms with Crippen LogP contribution in [0.15, 0.2) is 12.3 Å². The third kappa shape index (κ3) is 13.1. The molecular formula is C24H43N5O12. The molecule has 1 amide bonds. The van der Waals surface area contributed by atoms with Crippen LogP contribution < -0.4 is 0 Å². The Kier molecular flexibility index (Phi) is 15.7. The van der Waals surface area contributed by atoms with Crippen LogP contribution in [0, 0.1) is 0 Å². The molecule has 0 radical (unpaired) electrons. The molecule has 0 saturated carbocycles. The first-order chi connectivity index (χ1) is 19.2. The van der Waals surface area contributed by atoms with E-state index in [1.165, 1.54) is 7.05 Å². The molecule has 41 heavy (non-hydrogen) atoms. The van der Waals surface area contributed by atoms with E-state index in [0.29, 0.717) is 0 Å². The first-order valence-electron chi connectivity index (χ1n) is 13.0. The van der Waals surface area contributed by atoms with Crippen molar-refractivity contribution >= 4 is 23.8 Å². The van der Waals surface area contributed by atoms with Gasteiger partial charge in [0.2, 0.25) is 0 Å². The van der Waals surface area contributed by atoms with Crippen LogP contribution in [-0.4, -0.2) is 206 Å². The third-order valence-electron chi connectivity index (χ3n) is 6.68. The maximum atomic E-state index is 13.2. The van der Waals surface area contributed by atoms with Crippen LogP contribution in [0.2, 0.25) is 0 Å². The van der Waals surface area contributed by atoms with Crippen molar-refractivity contribution in [1.82, 2.24) is 24.5 Å². The van der Waals surface area contributed by atoms with Gasteiger partial charge in [0, 0.05) is 66.0 Å². The lowest BCUT2D eigenvalue weighted by Crippen LogP contribution is -2.51. The van der Waals surface area contributed by atoms with E-state index < -0.39 is 61.4 Å². The molecule has 8 N–H and O–H groups in total. The van der Waals surface area contributed by atoms with Gasteiger partial charge in [0.15, 0.2) is 0 Å². The maximum Gasteiger partial charge on any atom is 0.317 e. The number of carboxylic acid groups (broad SMARTS) is 3. The van der Waals surface area contributed by atoms with Crippen LogP contribution in [-0.2, 0) is 19.2 Å². The minimum atomic E-state index is -1.88. The van der Waals surface area contributed by atoms with E-state index >= 15 is 0 Å². The number of aliphatic carboxylic acids is 3. The van der Waals surface area contributed by atoms with Crippen molar-refractivity contribution in [1.29, 1.82) is 0 Å². The average molecular weight is 594 g/mol. The average Bonchev–Trinajstić information content (AvgIpc) is 2.89. The first kappa shape index (κ1) is 36.1. The van der Waals surface area contributed by atoms with Gasteiger partial charge in [0.05, 0.1) is 31.9 Å². The van der Waals surface area contributed by atoms with Gasteiger partial charge in [-0.1, -0.05) is 6.58 Å². The number of carboxylic acids is 3. The second-order valence-electron chi connectivity index (χ2n) is 9.93. The highest BCUT2D eigenvalue weighted by Crippen LogP contribution is 2.11. The number of nitrogens with zero attached hydrogens (tertiary/aromatic N) is 5. The number of carbonyl (C=O) groups excluding carboxylic acids is 1. The number of aliphatic hydroxyl groups excluding tert-OH is 5. The summed E-state index contributed by atoms with van der Waals surface area (Å²) < 4.78 is 0. The number of carbonyl (C=O) groups is 4. The topological polar surface area (TPSA) is 246 Å². The lowest BCUT2D eigenvalue weighted by Gasteiger charge is -2.35. The molecule has 17 nitrogen and oxygen atoms in total. The number of hydrogen-bond donors (Lipinski definition) is 8. The van der Waals surface area contributed by atoms with Gasteiger partial charge in [-0.05, 0) is 0 Å². The fourth-order valence-electron chi connectivity index (χ4n) is 4.25. The van der Waals surface area contributed by atoms with Crippen molar-refractivity contribution in [2.24, 2.45) is 0 Å². The summed E-state index contributed by atoms with van der Waals surface area (Å²) in [7, 11) is 1.30. The summed E-state index contributed by atoms with van der Waals surface area (Å²) in [5.41, 5.74) is -0.0553. The van der Waals surface area contributed by atoms with E-state index in [-0.39, 0.29) is 77.7 Å². The van der Waals surface area contributed by atoms with Gasteiger partial charge in [-0.15, -0.1) is 0 Å². The van der Waals surface area contributed by atoms with Gasteiger partial charge >= 0.3 is 17.9 Å². The molecule has 0 aliphatic carbocycles. The minimum absolute atomic E-state index is 0.0553. The second-order valence-corrected chi connectivity index (χ2v) is 9.93. The second kappa shape index (κ2) is 17.8. The summed E-state index contributed by atoms with van der Waals surface area (Å²) in [6, 6.07) is 0. The van der Waals surface area contributed by atoms with E-state index in [0.717, 1.165) is 4.90 Å². The molecule has 1 fully saturated rings. The Morgan fingerprint density at radius 2 is 1.02 bits per heavy atom. The van der Waals surface area contributed by atoms with Crippen LogP contribution in [0.4, 0.5) is 0 Å². The van der Waals surface area contributed by atoms with Gasteiger partial charge < -0.3 is 50.7 Å². The van der Waals surface area contributed by atoms with E-state index in [1.807, 2.05) is 0 Å². The Balaban J connectivity index is 3.08. The fourth-order valence-corrected chi connectivity index (χ4v) is 4.25. The molecule has 1 saturated heterocycles. The summed E-state index contributed by atoms with van der Waals surface area (Å²) in [5.74, 6) is -3.95. The molecule has 0 aromatic rings. The van der Waals surface area contributed by atoms with Crippen LogP contribution in [0.5, 0.6) is 0 Å². The molecule has 236 valence electrons. The minimum Gasteiger partial charge on any atom is -0.480 e. The molecule has 0 aromatic heterocycles.